The lowest BCUT2D eigenvalue weighted by Gasteiger charge is -2.26. The maximum Gasteiger partial charge on any atom is 0.0673 e. The molecule has 0 saturated heterocycles. The number of hydrogen-bond donors (Lipinski definition) is 1. The lowest BCUT2D eigenvalue weighted by Crippen LogP contribution is -2.37. The van der Waals surface area contributed by atoms with Crippen LogP contribution in [-0.2, 0) is 4.84 Å². The van der Waals surface area contributed by atoms with Crippen molar-refractivity contribution in [3.05, 3.63) is 0 Å². The molecule has 0 aromatic carbocycles. The monoisotopic (exact) mass is 154 g/mol. The van der Waals surface area contributed by atoms with E-state index in [2.05, 4.69) is 11.5 Å². The molecule has 62 valence electrons. The molecule has 1 rings (SSSR count). The second-order valence-corrected chi connectivity index (χ2v) is 2.95. The Kier molecular flexibility index (Phi) is 3.34. The maximum absolute atomic E-state index is 8.74. The van der Waals surface area contributed by atoms with Gasteiger partial charge in [0.05, 0.1) is 19.1 Å². The summed E-state index contributed by atoms with van der Waals surface area (Å²) in [7, 11) is 1.60. The molecule has 3 nitrogen and oxygen atoms in total. The molecule has 0 spiro atoms. The zero-order valence-electron chi connectivity index (χ0n) is 6.84. The van der Waals surface area contributed by atoms with Crippen LogP contribution in [0.25, 0.3) is 0 Å². The predicted molar refractivity (Wildman–Crippen MR) is 41.5 cm³/mol. The first-order valence-corrected chi connectivity index (χ1v) is 4.06. The van der Waals surface area contributed by atoms with E-state index in [1.807, 2.05) is 0 Å². The Morgan fingerprint density at radius 1 is 1.45 bits per heavy atom. The summed E-state index contributed by atoms with van der Waals surface area (Å²) >= 11 is 0. The summed E-state index contributed by atoms with van der Waals surface area (Å²) < 4.78 is 0. The first-order valence-electron chi connectivity index (χ1n) is 4.06. The van der Waals surface area contributed by atoms with Gasteiger partial charge >= 0.3 is 0 Å². The van der Waals surface area contributed by atoms with Crippen LogP contribution in [-0.4, -0.2) is 13.2 Å². The summed E-state index contributed by atoms with van der Waals surface area (Å²) in [5, 5.41) is 8.74. The fourth-order valence-corrected chi connectivity index (χ4v) is 1.58. The molecule has 1 aliphatic rings. The van der Waals surface area contributed by atoms with Gasteiger partial charge in [-0.2, -0.15) is 10.7 Å². The minimum atomic E-state index is 0.142. The number of nitrogens with zero attached hydrogens (tertiary/aromatic N) is 1. The van der Waals surface area contributed by atoms with E-state index in [0.29, 0.717) is 0 Å². The van der Waals surface area contributed by atoms with Gasteiger partial charge in [0.15, 0.2) is 0 Å². The van der Waals surface area contributed by atoms with Crippen LogP contribution in [0.3, 0.4) is 0 Å². The molecule has 2 atom stereocenters. The second-order valence-electron chi connectivity index (χ2n) is 2.95. The molecule has 0 bridgehead atoms. The summed E-state index contributed by atoms with van der Waals surface area (Å²) in [4.78, 5) is 4.81. The quantitative estimate of drug-likeness (QED) is 0.608. The smallest absolute Gasteiger partial charge is 0.0673 e. The van der Waals surface area contributed by atoms with Gasteiger partial charge in [-0.15, -0.1) is 0 Å². The molecule has 3 heteroatoms. The van der Waals surface area contributed by atoms with Crippen molar-refractivity contribution >= 4 is 0 Å². The van der Waals surface area contributed by atoms with Gasteiger partial charge in [-0.05, 0) is 12.8 Å². The highest BCUT2D eigenvalue weighted by Gasteiger charge is 2.24. The largest absolute Gasteiger partial charge is 0.305 e. The van der Waals surface area contributed by atoms with Crippen LogP contribution in [0.15, 0.2) is 0 Å². The topological polar surface area (TPSA) is 45.0 Å². The molecule has 0 heterocycles. The van der Waals surface area contributed by atoms with Gasteiger partial charge in [0.1, 0.15) is 0 Å². The first-order chi connectivity index (χ1) is 5.38. The van der Waals surface area contributed by atoms with Crippen molar-refractivity contribution in [1.82, 2.24) is 5.48 Å². The molecule has 1 N–H and O–H groups in total. The van der Waals surface area contributed by atoms with Crippen molar-refractivity contribution in [3.8, 4) is 6.07 Å². The van der Waals surface area contributed by atoms with Crippen LogP contribution >= 0.6 is 0 Å². The minimum Gasteiger partial charge on any atom is -0.305 e. The van der Waals surface area contributed by atoms with E-state index in [-0.39, 0.29) is 12.0 Å². The number of hydrogen-bond acceptors (Lipinski definition) is 3. The van der Waals surface area contributed by atoms with Crippen molar-refractivity contribution in [1.29, 1.82) is 5.26 Å². The van der Waals surface area contributed by atoms with E-state index in [1.54, 1.807) is 7.11 Å². The van der Waals surface area contributed by atoms with Crippen LogP contribution in [0.1, 0.15) is 25.7 Å². The van der Waals surface area contributed by atoms with Gasteiger partial charge in [0.2, 0.25) is 0 Å². The zero-order valence-corrected chi connectivity index (χ0v) is 6.84. The molecule has 11 heavy (non-hydrogen) atoms. The average Bonchev–Trinajstić information content (AvgIpc) is 2.06. The van der Waals surface area contributed by atoms with E-state index in [4.69, 9.17) is 10.1 Å². The van der Waals surface area contributed by atoms with E-state index in [1.165, 1.54) is 12.8 Å². The molecule has 1 fully saturated rings. The first kappa shape index (κ1) is 8.51. The molecule has 2 unspecified atom stereocenters. The normalized spacial score (nSPS) is 31.3. The van der Waals surface area contributed by atoms with Gasteiger partial charge in [0.25, 0.3) is 0 Å². The Morgan fingerprint density at radius 2 is 2.18 bits per heavy atom. The van der Waals surface area contributed by atoms with Gasteiger partial charge < -0.3 is 4.84 Å². The molecular weight excluding hydrogens is 140 g/mol. The fourth-order valence-electron chi connectivity index (χ4n) is 1.58. The van der Waals surface area contributed by atoms with Gasteiger partial charge in [-0.1, -0.05) is 12.8 Å². The number of nitrogens with one attached hydrogen (secondary N) is 1. The molecule has 0 aromatic rings. The Morgan fingerprint density at radius 3 is 2.82 bits per heavy atom. The van der Waals surface area contributed by atoms with Gasteiger partial charge in [0, 0.05) is 6.04 Å². The summed E-state index contributed by atoms with van der Waals surface area (Å²) in [6.07, 6.45) is 4.46. The summed E-state index contributed by atoms with van der Waals surface area (Å²) in [5.74, 6) is 0.142. The van der Waals surface area contributed by atoms with Crippen molar-refractivity contribution in [2.45, 2.75) is 31.7 Å². The van der Waals surface area contributed by atoms with E-state index in [9.17, 15) is 0 Å². The third kappa shape index (κ3) is 2.18. The third-order valence-electron chi connectivity index (χ3n) is 2.20. The Balaban J connectivity index is 2.39. The highest BCUT2D eigenvalue weighted by molar-refractivity contribution is 4.93. The van der Waals surface area contributed by atoms with Crippen molar-refractivity contribution in [3.63, 3.8) is 0 Å². The van der Waals surface area contributed by atoms with Gasteiger partial charge in [-0.25, -0.2) is 0 Å². The summed E-state index contributed by atoms with van der Waals surface area (Å²) in [6.45, 7) is 0. The third-order valence-corrected chi connectivity index (χ3v) is 2.20. The van der Waals surface area contributed by atoms with Crippen LogP contribution in [0, 0.1) is 17.2 Å². The number of nitriles is 1. The molecule has 0 amide bonds. The van der Waals surface area contributed by atoms with Crippen molar-refractivity contribution < 1.29 is 4.84 Å². The minimum absolute atomic E-state index is 0.142. The van der Waals surface area contributed by atoms with Crippen LogP contribution in [0.4, 0.5) is 0 Å². The Labute approximate surface area is 67.3 Å². The molecular formula is C8H14N2O. The second kappa shape index (κ2) is 4.32. The van der Waals surface area contributed by atoms with Crippen molar-refractivity contribution in [2.75, 3.05) is 7.11 Å². The lowest BCUT2D eigenvalue weighted by atomic mass is 9.86. The maximum atomic E-state index is 8.74. The van der Waals surface area contributed by atoms with Crippen LogP contribution in [0.2, 0.25) is 0 Å². The van der Waals surface area contributed by atoms with Crippen LogP contribution in [0.5, 0.6) is 0 Å². The molecule has 1 saturated carbocycles. The van der Waals surface area contributed by atoms with Crippen molar-refractivity contribution in [2.24, 2.45) is 5.92 Å². The average molecular weight is 154 g/mol. The predicted octanol–water partition coefficient (Wildman–Crippen LogP) is 1.22. The van der Waals surface area contributed by atoms with Gasteiger partial charge in [-0.3, -0.25) is 0 Å². The number of rotatable bonds is 2. The highest BCUT2D eigenvalue weighted by atomic mass is 16.6. The molecule has 0 aliphatic heterocycles. The summed E-state index contributed by atoms with van der Waals surface area (Å²) in [5.41, 5.74) is 2.86. The van der Waals surface area contributed by atoms with E-state index in [0.717, 1.165) is 12.8 Å². The molecule has 0 aromatic heterocycles. The highest BCUT2D eigenvalue weighted by Crippen LogP contribution is 2.23. The van der Waals surface area contributed by atoms with E-state index < -0.39 is 0 Å². The molecule has 1 aliphatic carbocycles. The van der Waals surface area contributed by atoms with E-state index >= 15 is 0 Å². The van der Waals surface area contributed by atoms with Crippen LogP contribution < -0.4 is 5.48 Å². The SMILES string of the molecule is CONC1CCCCC1C#N. The lowest BCUT2D eigenvalue weighted by molar-refractivity contribution is 0.0373. The number of hydroxylamine groups is 1. The summed E-state index contributed by atoms with van der Waals surface area (Å²) in [6, 6.07) is 2.55. The zero-order chi connectivity index (χ0) is 8.10. The standard InChI is InChI=1S/C8H14N2O/c1-11-10-8-5-3-2-4-7(8)6-9/h7-8,10H,2-5H2,1H3. The Bertz CT molecular complexity index is 151. The molecule has 0 radical (unpaired) electrons. The Hall–Kier alpha value is -0.590. The fraction of sp³-hybridized carbons (Fsp3) is 0.875.